The zero-order valence-corrected chi connectivity index (χ0v) is 11.4. The Hall–Kier alpha value is -1.01. The summed E-state index contributed by atoms with van der Waals surface area (Å²) in [4.78, 5) is 3.50. The molecule has 18 heavy (non-hydrogen) atoms. The van der Waals surface area contributed by atoms with E-state index in [-0.39, 0.29) is 4.60 Å². The first kappa shape index (κ1) is 13.4. The van der Waals surface area contributed by atoms with Gasteiger partial charge in [-0.25, -0.2) is 4.98 Å². The molecule has 0 aliphatic carbocycles. The van der Waals surface area contributed by atoms with E-state index in [1.54, 1.807) is 24.3 Å². The van der Waals surface area contributed by atoms with Crippen molar-refractivity contribution in [3.8, 4) is 11.3 Å². The maximum absolute atomic E-state index is 12.7. The van der Waals surface area contributed by atoms with E-state index in [4.69, 9.17) is 11.6 Å². The molecule has 0 unspecified atom stereocenters. The average molecular weight is 340 g/mol. The highest BCUT2D eigenvalue weighted by molar-refractivity contribution is 9.10. The van der Waals surface area contributed by atoms with Crippen molar-refractivity contribution < 1.29 is 13.2 Å². The van der Waals surface area contributed by atoms with Crippen LogP contribution in [0.5, 0.6) is 0 Å². The monoisotopic (exact) mass is 338 g/mol. The van der Waals surface area contributed by atoms with Gasteiger partial charge in [0.15, 0.2) is 0 Å². The van der Waals surface area contributed by atoms with Gasteiger partial charge < -0.3 is 4.57 Å². The molecule has 0 saturated carbocycles. The SMILES string of the molecule is Cn1c(C(F)(F)F)nc(Br)c1-c1ccc(Cl)cc1. The zero-order valence-electron chi connectivity index (χ0n) is 9.09. The molecule has 96 valence electrons. The van der Waals surface area contributed by atoms with Crippen molar-refractivity contribution in [1.82, 2.24) is 9.55 Å². The molecule has 0 atom stereocenters. The summed E-state index contributed by atoms with van der Waals surface area (Å²) in [5, 5.41) is 0.521. The lowest BCUT2D eigenvalue weighted by atomic mass is 10.2. The second-order valence-corrected chi connectivity index (χ2v) is 4.83. The molecule has 0 N–H and O–H groups in total. The van der Waals surface area contributed by atoms with Crippen LogP contribution in [0, 0.1) is 0 Å². The number of halogens is 5. The van der Waals surface area contributed by atoms with E-state index in [9.17, 15) is 13.2 Å². The Morgan fingerprint density at radius 3 is 2.22 bits per heavy atom. The quantitative estimate of drug-likeness (QED) is 0.747. The molecule has 2 nitrogen and oxygen atoms in total. The third-order valence-electron chi connectivity index (χ3n) is 2.42. The van der Waals surface area contributed by atoms with Gasteiger partial charge in [-0.3, -0.25) is 0 Å². The normalized spacial score (nSPS) is 11.9. The van der Waals surface area contributed by atoms with Gasteiger partial charge in [-0.2, -0.15) is 13.2 Å². The van der Waals surface area contributed by atoms with E-state index < -0.39 is 12.0 Å². The molecule has 1 aromatic heterocycles. The lowest BCUT2D eigenvalue weighted by Crippen LogP contribution is -2.13. The second kappa shape index (κ2) is 4.59. The van der Waals surface area contributed by atoms with Crippen LogP contribution in [0.2, 0.25) is 5.02 Å². The zero-order chi connectivity index (χ0) is 13.5. The van der Waals surface area contributed by atoms with Crippen LogP contribution in [-0.2, 0) is 13.2 Å². The fourth-order valence-electron chi connectivity index (χ4n) is 1.64. The number of alkyl halides is 3. The van der Waals surface area contributed by atoms with E-state index in [0.717, 1.165) is 4.57 Å². The van der Waals surface area contributed by atoms with E-state index in [1.165, 1.54) is 7.05 Å². The molecule has 0 aliphatic rings. The highest BCUT2D eigenvalue weighted by Crippen LogP contribution is 2.35. The number of nitrogens with zero attached hydrogens (tertiary/aromatic N) is 2. The Morgan fingerprint density at radius 2 is 1.78 bits per heavy atom. The van der Waals surface area contributed by atoms with E-state index in [2.05, 4.69) is 20.9 Å². The summed E-state index contributed by atoms with van der Waals surface area (Å²) in [7, 11) is 1.32. The molecule has 0 fully saturated rings. The Morgan fingerprint density at radius 1 is 1.22 bits per heavy atom. The molecule has 2 rings (SSSR count). The van der Waals surface area contributed by atoms with Crippen molar-refractivity contribution in [3.63, 3.8) is 0 Å². The molecule has 0 spiro atoms. The van der Waals surface area contributed by atoms with Crippen molar-refractivity contribution in [3.05, 3.63) is 39.7 Å². The number of hydrogen-bond acceptors (Lipinski definition) is 1. The van der Waals surface area contributed by atoms with Gasteiger partial charge in [0.25, 0.3) is 0 Å². The number of benzene rings is 1. The standard InChI is InChI=1S/C11H7BrClF3N2/c1-18-8(6-2-4-7(13)5-3-6)9(12)17-10(18)11(14,15)16/h2-5H,1H3. The molecule has 0 radical (unpaired) electrons. The third-order valence-corrected chi connectivity index (χ3v) is 3.23. The number of aromatic nitrogens is 2. The first-order valence-corrected chi connectivity index (χ1v) is 6.03. The Kier molecular flexibility index (Phi) is 3.42. The summed E-state index contributed by atoms with van der Waals surface area (Å²) in [6, 6.07) is 6.52. The largest absolute Gasteiger partial charge is 0.449 e. The lowest BCUT2D eigenvalue weighted by Gasteiger charge is -2.08. The van der Waals surface area contributed by atoms with Crippen LogP contribution in [0.3, 0.4) is 0 Å². The van der Waals surface area contributed by atoms with Crippen LogP contribution in [0.1, 0.15) is 5.82 Å². The minimum atomic E-state index is -4.48. The summed E-state index contributed by atoms with van der Waals surface area (Å²) >= 11 is 8.79. The fraction of sp³-hybridized carbons (Fsp3) is 0.182. The molecule has 7 heteroatoms. The van der Waals surface area contributed by atoms with Crippen molar-refractivity contribution in [2.24, 2.45) is 7.05 Å². The first-order valence-electron chi connectivity index (χ1n) is 4.86. The molecule has 0 aliphatic heterocycles. The van der Waals surface area contributed by atoms with Crippen LogP contribution in [0.4, 0.5) is 13.2 Å². The molecule has 0 saturated heterocycles. The average Bonchev–Trinajstić information content (AvgIpc) is 2.56. The highest BCUT2D eigenvalue weighted by atomic mass is 79.9. The molecule has 0 bridgehead atoms. The predicted molar refractivity (Wildman–Crippen MR) is 66.4 cm³/mol. The fourth-order valence-corrected chi connectivity index (χ4v) is 2.43. The highest BCUT2D eigenvalue weighted by Gasteiger charge is 2.37. The summed E-state index contributed by atoms with van der Waals surface area (Å²) in [6.07, 6.45) is -4.48. The van der Waals surface area contributed by atoms with E-state index in [0.29, 0.717) is 16.3 Å². The van der Waals surface area contributed by atoms with Crippen LogP contribution in [0.15, 0.2) is 28.9 Å². The number of hydrogen-bond donors (Lipinski definition) is 0. The minimum absolute atomic E-state index is 0.152. The van der Waals surface area contributed by atoms with Gasteiger partial charge in [0.2, 0.25) is 5.82 Å². The summed E-state index contributed by atoms with van der Waals surface area (Å²) in [5.74, 6) is -0.945. The van der Waals surface area contributed by atoms with Gasteiger partial charge in [0.05, 0.1) is 5.69 Å². The Bertz CT molecular complexity index is 575. The predicted octanol–water partition coefficient (Wildman–Crippen LogP) is 4.52. The van der Waals surface area contributed by atoms with Gasteiger partial charge in [-0.15, -0.1) is 0 Å². The smallest absolute Gasteiger partial charge is 0.323 e. The number of imidazole rings is 1. The van der Waals surface area contributed by atoms with Crippen LogP contribution in [-0.4, -0.2) is 9.55 Å². The first-order chi connectivity index (χ1) is 8.30. The van der Waals surface area contributed by atoms with Gasteiger partial charge >= 0.3 is 6.18 Å². The van der Waals surface area contributed by atoms with E-state index in [1.807, 2.05) is 0 Å². The maximum atomic E-state index is 12.7. The van der Waals surface area contributed by atoms with Gasteiger partial charge in [-0.05, 0) is 28.1 Å². The number of rotatable bonds is 1. The Balaban J connectivity index is 2.59. The molecule has 1 aromatic carbocycles. The maximum Gasteiger partial charge on any atom is 0.449 e. The Labute approximate surface area is 115 Å². The molecular weight excluding hydrogens is 332 g/mol. The van der Waals surface area contributed by atoms with E-state index >= 15 is 0 Å². The van der Waals surface area contributed by atoms with Crippen LogP contribution < -0.4 is 0 Å². The van der Waals surface area contributed by atoms with Crippen LogP contribution in [0.25, 0.3) is 11.3 Å². The summed E-state index contributed by atoms with van der Waals surface area (Å²) in [6.45, 7) is 0. The van der Waals surface area contributed by atoms with Crippen molar-refractivity contribution >= 4 is 27.5 Å². The summed E-state index contributed by atoms with van der Waals surface area (Å²) in [5.41, 5.74) is 0.968. The van der Waals surface area contributed by atoms with Gasteiger partial charge in [-0.1, -0.05) is 23.7 Å². The third kappa shape index (κ3) is 2.40. The van der Waals surface area contributed by atoms with Crippen molar-refractivity contribution in [2.75, 3.05) is 0 Å². The minimum Gasteiger partial charge on any atom is -0.323 e. The van der Waals surface area contributed by atoms with Gasteiger partial charge in [0.1, 0.15) is 4.60 Å². The van der Waals surface area contributed by atoms with Crippen molar-refractivity contribution in [2.45, 2.75) is 6.18 Å². The topological polar surface area (TPSA) is 17.8 Å². The van der Waals surface area contributed by atoms with Crippen LogP contribution >= 0.6 is 27.5 Å². The van der Waals surface area contributed by atoms with Gasteiger partial charge in [0, 0.05) is 17.6 Å². The lowest BCUT2D eigenvalue weighted by molar-refractivity contribution is -0.146. The second-order valence-electron chi connectivity index (χ2n) is 3.64. The molecule has 0 amide bonds. The molecular formula is C11H7BrClF3N2. The summed E-state index contributed by atoms with van der Waals surface area (Å²) < 4.78 is 39.2. The molecule has 1 heterocycles. The molecule has 2 aromatic rings. The van der Waals surface area contributed by atoms with Crippen molar-refractivity contribution in [1.29, 1.82) is 0 Å².